The summed E-state index contributed by atoms with van der Waals surface area (Å²) in [6, 6.07) is 6.77. The molecule has 2 N–H and O–H groups in total. The van der Waals surface area contributed by atoms with Crippen LogP contribution in [-0.2, 0) is 0 Å². The standard InChI is InChI=1S/C14H21BrClN3/c1-10-9-19(6-5-18(10)2)14(8-17)12-4-3-11(16)7-13(12)15/h3-4,7,10,14H,5-6,8-9,17H2,1-2H3. The molecule has 5 heteroatoms. The van der Waals surface area contributed by atoms with Gasteiger partial charge in [-0.3, -0.25) is 4.90 Å². The molecule has 1 aliphatic rings. The van der Waals surface area contributed by atoms with Crippen LogP contribution in [0.2, 0.25) is 5.02 Å². The molecule has 1 saturated heterocycles. The molecule has 3 nitrogen and oxygen atoms in total. The SMILES string of the molecule is CC1CN(C(CN)c2ccc(Cl)cc2Br)CCN1C. The first-order valence-electron chi connectivity index (χ1n) is 6.62. The number of nitrogens with two attached hydrogens (primary N) is 1. The minimum atomic E-state index is 0.253. The van der Waals surface area contributed by atoms with Crippen LogP contribution in [0.5, 0.6) is 0 Å². The molecule has 1 aromatic rings. The Kier molecular flexibility index (Phi) is 5.26. The van der Waals surface area contributed by atoms with E-state index in [9.17, 15) is 0 Å². The Morgan fingerprint density at radius 1 is 1.47 bits per heavy atom. The number of piperazine rings is 1. The van der Waals surface area contributed by atoms with Crippen molar-refractivity contribution in [2.24, 2.45) is 5.73 Å². The first-order chi connectivity index (χ1) is 9.02. The van der Waals surface area contributed by atoms with Gasteiger partial charge in [-0.1, -0.05) is 33.6 Å². The van der Waals surface area contributed by atoms with Gasteiger partial charge < -0.3 is 10.6 Å². The smallest absolute Gasteiger partial charge is 0.0482 e. The van der Waals surface area contributed by atoms with E-state index < -0.39 is 0 Å². The van der Waals surface area contributed by atoms with E-state index in [1.165, 1.54) is 5.56 Å². The quantitative estimate of drug-likeness (QED) is 0.913. The Morgan fingerprint density at radius 2 is 2.21 bits per heavy atom. The summed E-state index contributed by atoms with van der Waals surface area (Å²) in [4.78, 5) is 4.86. The van der Waals surface area contributed by atoms with Crippen molar-refractivity contribution in [3.63, 3.8) is 0 Å². The lowest BCUT2D eigenvalue weighted by molar-refractivity contribution is 0.0739. The van der Waals surface area contributed by atoms with Gasteiger partial charge in [-0.15, -0.1) is 0 Å². The lowest BCUT2D eigenvalue weighted by Crippen LogP contribution is -2.52. The number of hydrogen-bond donors (Lipinski definition) is 1. The highest BCUT2D eigenvalue weighted by Gasteiger charge is 2.27. The molecule has 1 fully saturated rings. The van der Waals surface area contributed by atoms with Crippen LogP contribution in [0.15, 0.2) is 22.7 Å². The third kappa shape index (κ3) is 3.50. The van der Waals surface area contributed by atoms with Gasteiger partial charge >= 0.3 is 0 Å². The van der Waals surface area contributed by atoms with Crippen LogP contribution < -0.4 is 5.73 Å². The van der Waals surface area contributed by atoms with Crippen molar-refractivity contribution in [1.29, 1.82) is 0 Å². The summed E-state index contributed by atoms with van der Waals surface area (Å²) in [5.74, 6) is 0. The summed E-state index contributed by atoms with van der Waals surface area (Å²) in [6.07, 6.45) is 0. The van der Waals surface area contributed by atoms with Gasteiger partial charge in [0.1, 0.15) is 0 Å². The highest BCUT2D eigenvalue weighted by atomic mass is 79.9. The van der Waals surface area contributed by atoms with Gasteiger partial charge in [0.2, 0.25) is 0 Å². The van der Waals surface area contributed by atoms with Crippen LogP contribution in [0, 0.1) is 0 Å². The molecule has 1 aliphatic heterocycles. The number of benzene rings is 1. The van der Waals surface area contributed by atoms with Gasteiger partial charge in [0, 0.05) is 47.8 Å². The molecule has 0 aromatic heterocycles. The van der Waals surface area contributed by atoms with Gasteiger partial charge in [0.25, 0.3) is 0 Å². The Hall–Kier alpha value is -0.130. The summed E-state index contributed by atoms with van der Waals surface area (Å²) in [7, 11) is 2.18. The van der Waals surface area contributed by atoms with E-state index in [1.54, 1.807) is 0 Å². The minimum absolute atomic E-state index is 0.253. The molecule has 106 valence electrons. The first kappa shape index (κ1) is 15.3. The van der Waals surface area contributed by atoms with Crippen LogP contribution >= 0.6 is 27.5 Å². The summed E-state index contributed by atoms with van der Waals surface area (Å²) in [6.45, 7) is 6.07. The van der Waals surface area contributed by atoms with Crippen LogP contribution in [0.1, 0.15) is 18.5 Å². The average molecular weight is 347 g/mol. The van der Waals surface area contributed by atoms with E-state index in [4.69, 9.17) is 17.3 Å². The van der Waals surface area contributed by atoms with Crippen LogP contribution in [0.25, 0.3) is 0 Å². The largest absolute Gasteiger partial charge is 0.329 e. The van der Waals surface area contributed by atoms with Gasteiger partial charge in [0.05, 0.1) is 0 Å². The second-order valence-corrected chi connectivity index (χ2v) is 6.53. The topological polar surface area (TPSA) is 32.5 Å². The fourth-order valence-corrected chi connectivity index (χ4v) is 3.55. The van der Waals surface area contributed by atoms with Crippen molar-refractivity contribution < 1.29 is 0 Å². The maximum atomic E-state index is 6.01. The monoisotopic (exact) mass is 345 g/mol. The van der Waals surface area contributed by atoms with E-state index in [-0.39, 0.29) is 6.04 Å². The molecule has 2 atom stereocenters. The number of nitrogens with zero attached hydrogens (tertiary/aromatic N) is 2. The maximum absolute atomic E-state index is 6.01. The third-order valence-electron chi connectivity index (χ3n) is 3.98. The highest BCUT2D eigenvalue weighted by Crippen LogP contribution is 2.30. The lowest BCUT2D eigenvalue weighted by atomic mass is 10.0. The zero-order chi connectivity index (χ0) is 14.0. The number of likely N-dealkylation sites (N-methyl/N-ethyl adjacent to an activating group) is 1. The normalized spacial score (nSPS) is 23.5. The average Bonchev–Trinajstić information content (AvgIpc) is 2.37. The molecule has 0 amide bonds. The molecule has 0 aliphatic carbocycles. The Morgan fingerprint density at radius 3 is 2.79 bits per heavy atom. The molecule has 0 saturated carbocycles. The van der Waals surface area contributed by atoms with Crippen molar-refractivity contribution in [3.8, 4) is 0 Å². The highest BCUT2D eigenvalue weighted by molar-refractivity contribution is 9.10. The van der Waals surface area contributed by atoms with E-state index in [0.29, 0.717) is 12.6 Å². The van der Waals surface area contributed by atoms with Crippen LogP contribution in [0.3, 0.4) is 0 Å². The van der Waals surface area contributed by atoms with Crippen molar-refractivity contribution >= 4 is 27.5 Å². The van der Waals surface area contributed by atoms with Crippen molar-refractivity contribution in [1.82, 2.24) is 9.80 Å². The Labute approximate surface area is 128 Å². The van der Waals surface area contributed by atoms with Crippen molar-refractivity contribution in [2.45, 2.75) is 19.0 Å². The Balaban J connectivity index is 2.20. The summed E-state index contributed by atoms with van der Waals surface area (Å²) in [5.41, 5.74) is 7.24. The summed E-state index contributed by atoms with van der Waals surface area (Å²) in [5, 5.41) is 0.748. The third-order valence-corrected chi connectivity index (χ3v) is 4.90. The molecule has 1 heterocycles. The molecular weight excluding hydrogens is 326 g/mol. The molecule has 1 aromatic carbocycles. The van der Waals surface area contributed by atoms with Crippen molar-refractivity contribution in [2.75, 3.05) is 33.2 Å². The fourth-order valence-electron chi connectivity index (χ4n) is 2.60. The summed E-state index contributed by atoms with van der Waals surface area (Å²) >= 11 is 9.62. The van der Waals surface area contributed by atoms with E-state index in [0.717, 1.165) is 29.1 Å². The maximum Gasteiger partial charge on any atom is 0.0482 e. The first-order valence-corrected chi connectivity index (χ1v) is 7.79. The zero-order valence-electron chi connectivity index (χ0n) is 11.4. The number of hydrogen-bond acceptors (Lipinski definition) is 3. The molecule has 2 rings (SSSR count). The van der Waals surface area contributed by atoms with Gasteiger partial charge in [-0.2, -0.15) is 0 Å². The molecule has 0 spiro atoms. The fraction of sp³-hybridized carbons (Fsp3) is 0.571. The van der Waals surface area contributed by atoms with Crippen LogP contribution in [0.4, 0.5) is 0 Å². The molecule has 0 radical (unpaired) electrons. The Bertz CT molecular complexity index is 441. The number of rotatable bonds is 3. The molecule has 2 unspecified atom stereocenters. The molecule has 19 heavy (non-hydrogen) atoms. The predicted octanol–water partition coefficient (Wildman–Crippen LogP) is 2.74. The van der Waals surface area contributed by atoms with Gasteiger partial charge in [0.15, 0.2) is 0 Å². The lowest BCUT2D eigenvalue weighted by Gasteiger charge is -2.41. The van der Waals surface area contributed by atoms with E-state index in [1.807, 2.05) is 12.1 Å². The molecular formula is C14H21BrClN3. The minimum Gasteiger partial charge on any atom is -0.329 e. The van der Waals surface area contributed by atoms with Crippen LogP contribution in [-0.4, -0.2) is 49.1 Å². The predicted molar refractivity (Wildman–Crippen MR) is 84.6 cm³/mol. The zero-order valence-corrected chi connectivity index (χ0v) is 13.8. The van der Waals surface area contributed by atoms with E-state index in [2.05, 4.69) is 45.8 Å². The van der Waals surface area contributed by atoms with Crippen molar-refractivity contribution in [3.05, 3.63) is 33.3 Å². The van der Waals surface area contributed by atoms with E-state index >= 15 is 0 Å². The second-order valence-electron chi connectivity index (χ2n) is 5.24. The van der Waals surface area contributed by atoms with Gasteiger partial charge in [-0.25, -0.2) is 0 Å². The molecule has 0 bridgehead atoms. The second kappa shape index (κ2) is 6.55. The summed E-state index contributed by atoms with van der Waals surface area (Å²) < 4.78 is 1.04. The number of halogens is 2. The van der Waals surface area contributed by atoms with Gasteiger partial charge in [-0.05, 0) is 31.7 Å².